The number of fused-ring (bicyclic) bond motifs is 1. The van der Waals surface area contributed by atoms with Gasteiger partial charge in [0.05, 0.1) is 44.2 Å². The SMILES string of the molecule is COc1cc(C)cc2oc(=O)c(CC(=O)NCCC[NH+]3CCOCC3)c(C)c12. The molecule has 0 saturated carbocycles. The van der Waals surface area contributed by atoms with E-state index in [0.29, 0.717) is 23.4 Å². The number of quaternary nitrogens is 1. The van der Waals surface area contributed by atoms with Crippen LogP contribution in [0.5, 0.6) is 5.75 Å². The molecule has 0 spiro atoms. The molecule has 0 bridgehead atoms. The van der Waals surface area contributed by atoms with Gasteiger partial charge < -0.3 is 24.1 Å². The number of morpholine rings is 1. The van der Waals surface area contributed by atoms with Crippen LogP contribution in [0.3, 0.4) is 0 Å². The molecule has 1 fully saturated rings. The smallest absolute Gasteiger partial charge is 0.340 e. The second-order valence-corrected chi connectivity index (χ2v) is 7.33. The molecular formula is C21H29N2O5+. The van der Waals surface area contributed by atoms with Crippen molar-refractivity contribution in [3.8, 4) is 5.75 Å². The van der Waals surface area contributed by atoms with Crippen LogP contribution in [0, 0.1) is 13.8 Å². The first-order valence-corrected chi connectivity index (χ1v) is 9.78. The van der Waals surface area contributed by atoms with Crippen molar-refractivity contribution < 1.29 is 23.6 Å². The van der Waals surface area contributed by atoms with E-state index in [1.807, 2.05) is 26.0 Å². The number of rotatable bonds is 7. The molecule has 1 aromatic heterocycles. The van der Waals surface area contributed by atoms with Gasteiger partial charge in [0, 0.05) is 13.0 Å². The van der Waals surface area contributed by atoms with Gasteiger partial charge in [0.2, 0.25) is 5.91 Å². The molecule has 1 aliphatic heterocycles. The lowest BCUT2D eigenvalue weighted by Crippen LogP contribution is -3.14. The Labute approximate surface area is 164 Å². The lowest BCUT2D eigenvalue weighted by Gasteiger charge is -2.23. The maximum atomic E-state index is 12.4. The Hall–Kier alpha value is -2.38. The van der Waals surface area contributed by atoms with Gasteiger partial charge in [0.1, 0.15) is 24.4 Å². The molecule has 0 aliphatic carbocycles. The van der Waals surface area contributed by atoms with E-state index in [2.05, 4.69) is 5.32 Å². The van der Waals surface area contributed by atoms with E-state index in [9.17, 15) is 9.59 Å². The summed E-state index contributed by atoms with van der Waals surface area (Å²) in [5.74, 6) is 0.476. The number of benzene rings is 1. The predicted molar refractivity (Wildman–Crippen MR) is 106 cm³/mol. The average molecular weight is 389 g/mol. The summed E-state index contributed by atoms with van der Waals surface area (Å²) >= 11 is 0. The Morgan fingerprint density at radius 1 is 1.25 bits per heavy atom. The normalized spacial score (nSPS) is 15.0. The van der Waals surface area contributed by atoms with Crippen molar-refractivity contribution in [1.29, 1.82) is 0 Å². The molecule has 1 amide bonds. The van der Waals surface area contributed by atoms with Crippen LogP contribution in [0.4, 0.5) is 0 Å². The first kappa shape index (κ1) is 20.4. The summed E-state index contributed by atoms with van der Waals surface area (Å²) in [4.78, 5) is 26.3. The topological polar surface area (TPSA) is 82.2 Å². The van der Waals surface area contributed by atoms with E-state index in [1.165, 1.54) is 4.90 Å². The molecule has 7 heteroatoms. The molecule has 3 rings (SSSR count). The van der Waals surface area contributed by atoms with Crippen molar-refractivity contribution in [2.75, 3.05) is 46.5 Å². The zero-order valence-electron chi connectivity index (χ0n) is 16.9. The van der Waals surface area contributed by atoms with Gasteiger partial charge in [-0.2, -0.15) is 0 Å². The van der Waals surface area contributed by atoms with Crippen LogP contribution in [0.15, 0.2) is 21.3 Å². The molecule has 0 atom stereocenters. The van der Waals surface area contributed by atoms with Crippen LogP contribution >= 0.6 is 0 Å². The van der Waals surface area contributed by atoms with E-state index in [-0.39, 0.29) is 12.3 Å². The third kappa shape index (κ3) is 4.72. The minimum Gasteiger partial charge on any atom is -0.496 e. The van der Waals surface area contributed by atoms with Gasteiger partial charge in [-0.15, -0.1) is 0 Å². The third-order valence-electron chi connectivity index (χ3n) is 5.27. The van der Waals surface area contributed by atoms with Gasteiger partial charge in [-0.25, -0.2) is 4.79 Å². The number of carbonyl (C=O) groups is 1. The summed E-state index contributed by atoms with van der Waals surface area (Å²) in [5, 5.41) is 3.66. The van der Waals surface area contributed by atoms with E-state index < -0.39 is 5.63 Å². The molecule has 2 N–H and O–H groups in total. The largest absolute Gasteiger partial charge is 0.496 e. The molecule has 2 aromatic rings. The predicted octanol–water partition coefficient (Wildman–Crippen LogP) is 0.382. The van der Waals surface area contributed by atoms with Crippen LogP contribution in [0.25, 0.3) is 11.0 Å². The summed E-state index contributed by atoms with van der Waals surface area (Å²) in [6.45, 7) is 9.02. The molecule has 1 aromatic carbocycles. The van der Waals surface area contributed by atoms with Gasteiger partial charge in [-0.1, -0.05) is 0 Å². The fourth-order valence-corrected chi connectivity index (χ4v) is 3.70. The highest BCUT2D eigenvalue weighted by molar-refractivity contribution is 5.89. The number of amides is 1. The Bertz CT molecular complexity index is 900. The highest BCUT2D eigenvalue weighted by atomic mass is 16.5. The molecule has 28 heavy (non-hydrogen) atoms. The Balaban J connectivity index is 1.65. The van der Waals surface area contributed by atoms with Crippen molar-refractivity contribution in [2.45, 2.75) is 26.7 Å². The molecule has 0 radical (unpaired) electrons. The lowest BCUT2D eigenvalue weighted by molar-refractivity contribution is -0.908. The van der Waals surface area contributed by atoms with Crippen LogP contribution in [-0.2, 0) is 16.0 Å². The quantitative estimate of drug-likeness (QED) is 0.529. The molecule has 2 heterocycles. The first-order chi connectivity index (χ1) is 13.5. The minimum atomic E-state index is -0.467. The van der Waals surface area contributed by atoms with Gasteiger partial charge in [0.25, 0.3) is 0 Å². The van der Waals surface area contributed by atoms with Crippen LogP contribution in [0.2, 0.25) is 0 Å². The molecule has 1 aliphatic rings. The maximum Gasteiger partial charge on any atom is 0.340 e. The van der Waals surface area contributed by atoms with Crippen molar-refractivity contribution in [3.05, 3.63) is 39.2 Å². The zero-order chi connectivity index (χ0) is 20.1. The zero-order valence-corrected chi connectivity index (χ0v) is 16.9. The standard InChI is InChI=1S/C21H28N2O5/c1-14-11-17(26-3)20-15(2)16(21(25)28-18(20)12-14)13-19(24)22-5-4-6-23-7-9-27-10-8-23/h11-12H,4-10,13H2,1-3H3,(H,22,24)/p+1. The summed E-state index contributed by atoms with van der Waals surface area (Å²) in [7, 11) is 1.58. The highest BCUT2D eigenvalue weighted by Crippen LogP contribution is 2.30. The van der Waals surface area contributed by atoms with Crippen LogP contribution in [-0.4, -0.2) is 52.4 Å². The molecule has 0 unspecified atom stereocenters. The second kappa shape index (κ2) is 9.21. The number of carbonyl (C=O) groups excluding carboxylic acids is 1. The average Bonchev–Trinajstić information content (AvgIpc) is 2.68. The Morgan fingerprint density at radius 2 is 2.00 bits per heavy atom. The van der Waals surface area contributed by atoms with Gasteiger partial charge in [-0.3, -0.25) is 4.79 Å². The van der Waals surface area contributed by atoms with Gasteiger partial charge in [-0.05, 0) is 37.1 Å². The first-order valence-electron chi connectivity index (χ1n) is 9.78. The Morgan fingerprint density at radius 3 is 2.71 bits per heavy atom. The summed E-state index contributed by atoms with van der Waals surface area (Å²) < 4.78 is 16.3. The number of methoxy groups -OCH3 is 1. The lowest BCUT2D eigenvalue weighted by atomic mass is 10.0. The van der Waals surface area contributed by atoms with E-state index >= 15 is 0 Å². The fourth-order valence-electron chi connectivity index (χ4n) is 3.70. The molecular weight excluding hydrogens is 360 g/mol. The molecule has 1 saturated heterocycles. The number of ether oxygens (including phenoxy) is 2. The number of hydrogen-bond acceptors (Lipinski definition) is 5. The minimum absolute atomic E-state index is 0.00550. The highest BCUT2D eigenvalue weighted by Gasteiger charge is 2.18. The summed E-state index contributed by atoms with van der Waals surface area (Å²) in [6.07, 6.45) is 0.908. The van der Waals surface area contributed by atoms with Gasteiger partial charge >= 0.3 is 5.63 Å². The maximum absolute atomic E-state index is 12.4. The van der Waals surface area contributed by atoms with E-state index in [1.54, 1.807) is 7.11 Å². The van der Waals surface area contributed by atoms with Crippen molar-refractivity contribution in [3.63, 3.8) is 0 Å². The Kier molecular flexibility index (Phi) is 6.70. The van der Waals surface area contributed by atoms with E-state index in [4.69, 9.17) is 13.9 Å². The fraction of sp³-hybridized carbons (Fsp3) is 0.524. The monoisotopic (exact) mass is 389 g/mol. The van der Waals surface area contributed by atoms with Crippen molar-refractivity contribution >= 4 is 16.9 Å². The van der Waals surface area contributed by atoms with Crippen LogP contribution in [0.1, 0.15) is 23.1 Å². The van der Waals surface area contributed by atoms with Crippen molar-refractivity contribution in [1.82, 2.24) is 5.32 Å². The van der Waals surface area contributed by atoms with Crippen LogP contribution < -0.4 is 20.6 Å². The van der Waals surface area contributed by atoms with Crippen molar-refractivity contribution in [2.24, 2.45) is 0 Å². The number of aryl methyl sites for hydroxylation is 2. The molecule has 7 nitrogen and oxygen atoms in total. The van der Waals surface area contributed by atoms with E-state index in [0.717, 1.165) is 55.8 Å². The van der Waals surface area contributed by atoms with Gasteiger partial charge in [0.15, 0.2) is 0 Å². The second-order valence-electron chi connectivity index (χ2n) is 7.33. The third-order valence-corrected chi connectivity index (χ3v) is 5.27. The summed E-state index contributed by atoms with van der Waals surface area (Å²) in [5.41, 5.74) is 2.07. The number of nitrogens with one attached hydrogen (secondary N) is 2. The molecule has 152 valence electrons. The summed E-state index contributed by atoms with van der Waals surface area (Å²) in [6, 6.07) is 3.71. The number of hydrogen-bond donors (Lipinski definition) is 2.